The minimum Gasteiger partial charge on any atom is -0.497 e. The van der Waals surface area contributed by atoms with E-state index in [1.807, 2.05) is 130 Å². The first kappa shape index (κ1) is 90.7. The van der Waals surface area contributed by atoms with Gasteiger partial charge in [-0.25, -0.2) is 0 Å². The summed E-state index contributed by atoms with van der Waals surface area (Å²) in [6, 6.07) is 26.3. The first-order valence-corrected chi connectivity index (χ1v) is 48.1. The summed E-state index contributed by atoms with van der Waals surface area (Å²) in [4.78, 5) is 60.6. The Bertz CT molecular complexity index is 4720. The molecular weight excluding hydrogens is 1530 g/mol. The Hall–Kier alpha value is -7.24. The van der Waals surface area contributed by atoms with Gasteiger partial charge >= 0.3 is 0 Å². The maximum Gasteiger partial charge on any atom is 0.264 e. The molecule has 8 aliphatic carbocycles. The van der Waals surface area contributed by atoms with Gasteiger partial charge in [0.1, 0.15) is 17.2 Å². The Labute approximate surface area is 679 Å². The van der Waals surface area contributed by atoms with Crippen LogP contribution in [-0.2, 0) is 76.4 Å². The van der Waals surface area contributed by atoms with Crippen molar-refractivity contribution in [1.82, 2.24) is 19.6 Å². The van der Waals surface area contributed by atoms with Gasteiger partial charge in [-0.05, 0) is 255 Å². The molecular formula is C87H122N4O19S4. The van der Waals surface area contributed by atoms with Crippen LogP contribution < -0.4 is 14.2 Å². The molecule has 4 aromatic carbocycles. The van der Waals surface area contributed by atoms with Gasteiger partial charge in [0.25, 0.3) is 40.5 Å². The summed E-state index contributed by atoms with van der Waals surface area (Å²) in [5, 5.41) is 0. The smallest absolute Gasteiger partial charge is 0.264 e. The summed E-state index contributed by atoms with van der Waals surface area (Å²) in [6.07, 6.45) is 17.7. The molecule has 0 fully saturated rings. The molecule has 8 atom stereocenters. The minimum atomic E-state index is -3.48. The molecule has 0 spiro atoms. The van der Waals surface area contributed by atoms with E-state index in [2.05, 4.69) is 24.3 Å². The fourth-order valence-electron chi connectivity index (χ4n) is 18.9. The monoisotopic (exact) mass is 1650 g/mol. The zero-order valence-electron chi connectivity index (χ0n) is 69.6. The second-order valence-corrected chi connectivity index (χ2v) is 37.1. The highest BCUT2D eigenvalue weighted by Gasteiger charge is 2.46. The Balaban J connectivity index is 0.000000174. The molecule has 8 unspecified atom stereocenters. The number of fused-ring (bicyclic) bond motifs is 8. The summed E-state index contributed by atoms with van der Waals surface area (Å²) >= 11 is 0. The highest BCUT2D eigenvalue weighted by molar-refractivity contribution is 7.86. The van der Waals surface area contributed by atoms with Crippen LogP contribution in [0.25, 0.3) is 22.3 Å². The lowest BCUT2D eigenvalue weighted by atomic mass is 9.79. The molecule has 0 aromatic heterocycles. The third-order valence-corrected chi connectivity index (χ3v) is 26.3. The number of hydrogen-bond acceptors (Lipinski definition) is 19. The number of benzene rings is 4. The predicted octanol–water partition coefficient (Wildman–Crippen LogP) is 14.3. The number of amides is 4. The molecule has 0 heterocycles. The van der Waals surface area contributed by atoms with Crippen molar-refractivity contribution >= 4 is 86.4 Å². The molecule has 0 saturated carbocycles. The van der Waals surface area contributed by atoms with E-state index in [4.69, 9.17) is 30.9 Å². The first-order valence-electron chi connectivity index (χ1n) is 40.9. The van der Waals surface area contributed by atoms with Gasteiger partial charge in [-0.1, -0.05) is 71.2 Å². The highest BCUT2D eigenvalue weighted by atomic mass is 32.2. The quantitative estimate of drug-likeness (QED) is 0.0423. The van der Waals surface area contributed by atoms with Crippen LogP contribution in [0.4, 0.5) is 0 Å². The van der Waals surface area contributed by atoms with Crippen molar-refractivity contribution in [2.75, 3.05) is 125 Å². The summed E-state index contributed by atoms with van der Waals surface area (Å²) in [6.45, 7) is 22.3. The van der Waals surface area contributed by atoms with Crippen LogP contribution in [0.1, 0.15) is 226 Å². The third kappa shape index (κ3) is 21.6. The highest BCUT2D eigenvalue weighted by Crippen LogP contribution is 2.58. The molecule has 8 aliphatic rings. The first-order chi connectivity index (χ1) is 54.3. The number of rotatable bonds is 31. The number of ether oxygens (including phenoxy) is 3. The fourth-order valence-corrected chi connectivity index (χ4v) is 20.4. The lowest BCUT2D eigenvalue weighted by molar-refractivity contribution is -0.134. The van der Waals surface area contributed by atoms with Crippen molar-refractivity contribution in [3.8, 4) is 17.2 Å². The van der Waals surface area contributed by atoms with E-state index in [0.717, 1.165) is 183 Å². The van der Waals surface area contributed by atoms with Crippen molar-refractivity contribution < 1.29 is 83.8 Å². The van der Waals surface area contributed by atoms with Gasteiger partial charge in [-0.3, -0.25) is 35.9 Å². The number of nitrogens with zero attached hydrogens (tertiary/aromatic N) is 4. The molecule has 114 heavy (non-hydrogen) atoms. The van der Waals surface area contributed by atoms with Gasteiger partial charge in [0.05, 0.1) is 96.5 Å². The van der Waals surface area contributed by atoms with Gasteiger partial charge in [-0.15, -0.1) is 0 Å². The Morgan fingerprint density at radius 1 is 0.325 bits per heavy atom. The Kier molecular flexibility index (Phi) is 32.0. The van der Waals surface area contributed by atoms with Crippen LogP contribution in [0, 0.1) is 23.7 Å². The normalized spacial score (nSPS) is 21.1. The molecule has 0 saturated heterocycles. The molecule has 0 bridgehead atoms. The number of carbonyl (C=O) groups is 4. The molecule has 628 valence electrons. The van der Waals surface area contributed by atoms with Gasteiger partial charge in [0, 0.05) is 76.0 Å². The largest absolute Gasteiger partial charge is 0.497 e. The standard InChI is InChI=1S/C23H33NO5S.C22H31NO5S.C21H29NO5S.C21H29NO4S/c1-5-24(6-2)23(25)20-10-8-7-9-19-18(13-14-29-30(4,26)27)17-12-11-16(28-3)15-21(17)22(19)20;1-5-23(6-2)22(24)19-9-7-8-18-17(12-13-28-29(4,25)26)16-11-10-15(27-3)14-20(16)21(18)19;1-5-22(6-2)21(23)18-10-9-17-16(11-12-27-28(4,24)25)15-8-7-14(26-3)13-19(15)20(17)18;1-4-22(5-2)21(23)19-12-8-11-18-16(13-14-26-27(3,24)25)15-9-6-7-10-17(15)20(18)19/h11-12,15,18,20H,5-10,13-14H2,1-4H3;10-11,14,17,19H,5-9,12-13H2,1-4H3;7-8,13,16,18H,5-6,9-12H2,1-4H3;6-7,9-10,16,19H,4-5,8,11-14H2,1-3H3. The van der Waals surface area contributed by atoms with E-state index in [0.29, 0.717) is 65.0 Å². The van der Waals surface area contributed by atoms with Gasteiger partial charge in [0.2, 0.25) is 23.6 Å². The molecule has 0 radical (unpaired) electrons. The van der Waals surface area contributed by atoms with Gasteiger partial charge < -0.3 is 33.8 Å². The lowest BCUT2D eigenvalue weighted by Gasteiger charge is -2.30. The third-order valence-electron chi connectivity index (χ3n) is 23.9. The van der Waals surface area contributed by atoms with E-state index in [-0.39, 0.29) is 97.4 Å². The van der Waals surface area contributed by atoms with Crippen molar-refractivity contribution in [3.63, 3.8) is 0 Å². The van der Waals surface area contributed by atoms with Crippen LogP contribution in [-0.4, -0.2) is 202 Å². The summed E-state index contributed by atoms with van der Waals surface area (Å²) in [7, 11) is -8.93. The lowest BCUT2D eigenvalue weighted by Crippen LogP contribution is -2.37. The minimum absolute atomic E-state index is 0.0766. The van der Waals surface area contributed by atoms with E-state index >= 15 is 0 Å². The van der Waals surface area contributed by atoms with Crippen molar-refractivity contribution in [3.05, 3.63) is 146 Å². The van der Waals surface area contributed by atoms with Crippen LogP contribution in [0.3, 0.4) is 0 Å². The number of carbonyl (C=O) groups excluding carboxylic acids is 4. The van der Waals surface area contributed by atoms with E-state index in [1.165, 1.54) is 39.0 Å². The van der Waals surface area contributed by atoms with E-state index in [9.17, 15) is 52.8 Å². The number of hydrogen-bond donors (Lipinski definition) is 0. The summed E-state index contributed by atoms with van der Waals surface area (Å²) in [5.41, 5.74) is 18.7. The number of allylic oxidation sites excluding steroid dienone is 4. The van der Waals surface area contributed by atoms with Gasteiger partial charge in [0.15, 0.2) is 0 Å². The van der Waals surface area contributed by atoms with Gasteiger partial charge in [-0.2, -0.15) is 33.7 Å². The van der Waals surface area contributed by atoms with E-state index < -0.39 is 40.5 Å². The zero-order chi connectivity index (χ0) is 83.1. The summed E-state index contributed by atoms with van der Waals surface area (Å²) < 4.78 is 127. The SMILES string of the molecule is CCN(CC)C(=O)C1CCC2=C1c1cc(OC)ccc1C2CCOS(C)(=O)=O.CCN(CC)C(=O)C1CCCC2=C1c1cc(OC)ccc1C2CCOS(C)(=O)=O.CCN(CC)C(=O)C1CCCC2=C1c1ccccc1C2CCOS(C)(=O)=O.CCN(CC)C(=O)C1CCCCC2=C1c1cc(OC)ccc1C2CCOS(C)(=O)=O. The van der Waals surface area contributed by atoms with Crippen LogP contribution in [0.5, 0.6) is 17.2 Å². The van der Waals surface area contributed by atoms with Crippen LogP contribution in [0.15, 0.2) is 101 Å². The Morgan fingerprint density at radius 2 is 0.579 bits per heavy atom. The van der Waals surface area contributed by atoms with E-state index in [1.54, 1.807) is 21.3 Å². The predicted molar refractivity (Wildman–Crippen MR) is 447 cm³/mol. The van der Waals surface area contributed by atoms with Crippen molar-refractivity contribution in [2.24, 2.45) is 23.7 Å². The van der Waals surface area contributed by atoms with Crippen molar-refractivity contribution in [2.45, 2.75) is 182 Å². The maximum absolute atomic E-state index is 13.4. The average Bonchev–Trinajstić information content (AvgIpc) is 1.75. The second kappa shape index (κ2) is 40.3. The molecule has 0 aliphatic heterocycles. The van der Waals surface area contributed by atoms with Crippen molar-refractivity contribution in [1.29, 1.82) is 0 Å². The Morgan fingerprint density at radius 3 is 0.868 bits per heavy atom. The molecule has 23 nitrogen and oxygen atoms in total. The zero-order valence-corrected chi connectivity index (χ0v) is 72.9. The maximum atomic E-state index is 13.4. The molecule has 0 N–H and O–H groups in total. The molecule has 27 heteroatoms. The summed E-state index contributed by atoms with van der Waals surface area (Å²) in [5.74, 6) is 2.93. The van der Waals surface area contributed by atoms with Crippen LogP contribution >= 0.6 is 0 Å². The molecule has 12 rings (SSSR count). The molecule has 4 aromatic rings. The average molecular weight is 1660 g/mol. The fraction of sp³-hybridized carbons (Fsp3) is 0.586. The topological polar surface area (TPSA) is 282 Å². The number of methoxy groups -OCH3 is 3. The second-order valence-electron chi connectivity index (χ2n) is 30.5. The molecule has 4 amide bonds. The van der Waals surface area contributed by atoms with Crippen LogP contribution in [0.2, 0.25) is 0 Å².